The van der Waals surface area contributed by atoms with Crippen LogP contribution in [0.1, 0.15) is 29.9 Å². The van der Waals surface area contributed by atoms with Gasteiger partial charge in [0.1, 0.15) is 5.76 Å². The van der Waals surface area contributed by atoms with Crippen LogP contribution < -0.4 is 9.47 Å². The molecule has 1 aliphatic rings. The Hall–Kier alpha value is -2.46. The van der Waals surface area contributed by atoms with Crippen molar-refractivity contribution in [3.05, 3.63) is 59.2 Å². The fourth-order valence-corrected chi connectivity index (χ4v) is 2.62. The number of benzene rings is 2. The van der Waals surface area contributed by atoms with Crippen LogP contribution in [0.15, 0.2) is 42.5 Å². The molecule has 2 aromatic carbocycles. The standard InChI is InChI=1S/C19H20O4/c1-4-22-19-15-12-18(21-3)17(20-2)11-14(15)10-16(23-19)13-8-6-5-7-9-13/h5-12,19H,4H2,1-3H3. The number of ether oxygens (including phenoxy) is 4. The quantitative estimate of drug-likeness (QED) is 0.826. The second-order valence-electron chi connectivity index (χ2n) is 5.12. The van der Waals surface area contributed by atoms with Gasteiger partial charge in [-0.3, -0.25) is 0 Å². The van der Waals surface area contributed by atoms with Gasteiger partial charge in [0, 0.05) is 17.7 Å². The third kappa shape index (κ3) is 3.03. The first-order valence-corrected chi connectivity index (χ1v) is 7.58. The molecule has 120 valence electrons. The van der Waals surface area contributed by atoms with Gasteiger partial charge in [-0.15, -0.1) is 0 Å². The molecule has 3 rings (SSSR count). The van der Waals surface area contributed by atoms with Crippen LogP contribution in [-0.2, 0) is 9.47 Å². The summed E-state index contributed by atoms with van der Waals surface area (Å²) in [5.41, 5.74) is 2.95. The second kappa shape index (κ2) is 6.75. The van der Waals surface area contributed by atoms with Crippen LogP contribution in [0.2, 0.25) is 0 Å². The Morgan fingerprint density at radius 2 is 1.70 bits per heavy atom. The van der Waals surface area contributed by atoms with Crippen molar-refractivity contribution in [2.75, 3.05) is 20.8 Å². The molecule has 0 N–H and O–H groups in total. The van der Waals surface area contributed by atoms with Crippen molar-refractivity contribution in [1.82, 2.24) is 0 Å². The molecule has 4 nitrogen and oxygen atoms in total. The van der Waals surface area contributed by atoms with E-state index in [2.05, 4.69) is 0 Å². The monoisotopic (exact) mass is 312 g/mol. The first kappa shape index (κ1) is 15.4. The largest absolute Gasteiger partial charge is 0.493 e. The van der Waals surface area contributed by atoms with Gasteiger partial charge < -0.3 is 18.9 Å². The lowest BCUT2D eigenvalue weighted by molar-refractivity contribution is -0.0972. The molecule has 23 heavy (non-hydrogen) atoms. The van der Waals surface area contributed by atoms with Gasteiger partial charge in [-0.25, -0.2) is 0 Å². The molecule has 2 aromatic rings. The van der Waals surface area contributed by atoms with Crippen LogP contribution in [-0.4, -0.2) is 20.8 Å². The zero-order valence-corrected chi connectivity index (χ0v) is 13.5. The average molecular weight is 312 g/mol. The zero-order valence-electron chi connectivity index (χ0n) is 13.5. The Labute approximate surface area is 136 Å². The second-order valence-corrected chi connectivity index (χ2v) is 5.12. The minimum absolute atomic E-state index is 0.463. The molecule has 0 saturated carbocycles. The predicted octanol–water partition coefficient (Wildman–Crippen LogP) is 4.27. The van der Waals surface area contributed by atoms with Gasteiger partial charge >= 0.3 is 0 Å². The van der Waals surface area contributed by atoms with Crippen molar-refractivity contribution in [1.29, 1.82) is 0 Å². The molecule has 0 fully saturated rings. The highest BCUT2D eigenvalue weighted by Gasteiger charge is 2.26. The summed E-state index contributed by atoms with van der Waals surface area (Å²) in [6, 6.07) is 13.8. The lowest BCUT2D eigenvalue weighted by Crippen LogP contribution is -2.14. The zero-order chi connectivity index (χ0) is 16.2. The number of fused-ring (bicyclic) bond motifs is 1. The van der Waals surface area contributed by atoms with E-state index in [1.165, 1.54) is 0 Å². The van der Waals surface area contributed by atoms with Crippen molar-refractivity contribution < 1.29 is 18.9 Å². The third-order valence-corrected chi connectivity index (χ3v) is 3.74. The number of hydrogen-bond acceptors (Lipinski definition) is 4. The van der Waals surface area contributed by atoms with E-state index >= 15 is 0 Å². The van der Waals surface area contributed by atoms with Gasteiger partial charge in [0.25, 0.3) is 0 Å². The maximum Gasteiger partial charge on any atom is 0.227 e. The van der Waals surface area contributed by atoms with Crippen LogP contribution in [0.3, 0.4) is 0 Å². The van der Waals surface area contributed by atoms with Gasteiger partial charge in [-0.1, -0.05) is 30.3 Å². The van der Waals surface area contributed by atoms with Crippen LogP contribution in [0, 0.1) is 0 Å². The molecular weight excluding hydrogens is 292 g/mol. The smallest absolute Gasteiger partial charge is 0.227 e. The highest BCUT2D eigenvalue weighted by atomic mass is 16.7. The molecule has 0 spiro atoms. The molecule has 1 atom stereocenters. The molecule has 4 heteroatoms. The molecule has 0 saturated heterocycles. The van der Waals surface area contributed by atoms with E-state index in [-0.39, 0.29) is 0 Å². The maximum atomic E-state index is 6.05. The van der Waals surface area contributed by atoms with Crippen LogP contribution >= 0.6 is 0 Å². The summed E-state index contributed by atoms with van der Waals surface area (Å²) < 4.78 is 22.6. The van der Waals surface area contributed by atoms with Gasteiger partial charge in [0.2, 0.25) is 6.29 Å². The summed E-state index contributed by atoms with van der Waals surface area (Å²) in [4.78, 5) is 0. The molecule has 0 amide bonds. The van der Waals surface area contributed by atoms with E-state index in [0.717, 1.165) is 22.4 Å². The third-order valence-electron chi connectivity index (χ3n) is 3.74. The minimum atomic E-state index is -0.463. The van der Waals surface area contributed by atoms with E-state index in [0.29, 0.717) is 18.1 Å². The Balaban J connectivity index is 2.10. The van der Waals surface area contributed by atoms with Crippen molar-refractivity contribution in [3.8, 4) is 11.5 Å². The molecule has 1 heterocycles. The van der Waals surface area contributed by atoms with Gasteiger partial charge in [0.05, 0.1) is 14.2 Å². The molecule has 0 aliphatic carbocycles. The lowest BCUT2D eigenvalue weighted by Gasteiger charge is -2.27. The maximum absolute atomic E-state index is 6.05. The summed E-state index contributed by atoms with van der Waals surface area (Å²) in [6.45, 7) is 2.50. The van der Waals surface area contributed by atoms with Gasteiger partial charge in [-0.2, -0.15) is 0 Å². The molecule has 0 aromatic heterocycles. The first-order valence-electron chi connectivity index (χ1n) is 7.58. The Bertz CT molecular complexity index is 707. The van der Waals surface area contributed by atoms with Crippen LogP contribution in [0.4, 0.5) is 0 Å². The fraction of sp³-hybridized carbons (Fsp3) is 0.263. The van der Waals surface area contributed by atoms with E-state index in [4.69, 9.17) is 18.9 Å². The van der Waals surface area contributed by atoms with Crippen molar-refractivity contribution in [2.45, 2.75) is 13.2 Å². The molecular formula is C19H20O4. The van der Waals surface area contributed by atoms with E-state index in [1.54, 1.807) is 14.2 Å². The van der Waals surface area contributed by atoms with Crippen LogP contribution in [0.25, 0.3) is 11.8 Å². The van der Waals surface area contributed by atoms with E-state index in [9.17, 15) is 0 Å². The van der Waals surface area contributed by atoms with Crippen LogP contribution in [0.5, 0.6) is 11.5 Å². The Morgan fingerprint density at radius 1 is 1.00 bits per heavy atom. The Morgan fingerprint density at radius 3 is 2.35 bits per heavy atom. The highest BCUT2D eigenvalue weighted by molar-refractivity contribution is 5.81. The summed E-state index contributed by atoms with van der Waals surface area (Å²) >= 11 is 0. The number of hydrogen-bond donors (Lipinski definition) is 0. The summed E-state index contributed by atoms with van der Waals surface area (Å²) in [5, 5.41) is 0. The topological polar surface area (TPSA) is 36.9 Å². The summed E-state index contributed by atoms with van der Waals surface area (Å²) in [7, 11) is 3.25. The SMILES string of the molecule is CCOC1OC(c2ccccc2)=Cc2cc(OC)c(OC)cc21. The highest BCUT2D eigenvalue weighted by Crippen LogP contribution is 2.41. The minimum Gasteiger partial charge on any atom is -0.493 e. The predicted molar refractivity (Wildman–Crippen MR) is 89.3 cm³/mol. The molecule has 0 bridgehead atoms. The summed E-state index contributed by atoms with van der Waals surface area (Å²) in [6.07, 6.45) is 1.54. The molecule has 1 aliphatic heterocycles. The fourth-order valence-electron chi connectivity index (χ4n) is 2.62. The number of rotatable bonds is 5. The van der Waals surface area contributed by atoms with E-state index in [1.807, 2.05) is 55.5 Å². The Kier molecular flexibility index (Phi) is 4.53. The van der Waals surface area contributed by atoms with Gasteiger partial charge in [-0.05, 0) is 30.7 Å². The summed E-state index contributed by atoms with van der Waals surface area (Å²) in [5.74, 6) is 2.13. The van der Waals surface area contributed by atoms with Crippen molar-refractivity contribution in [2.24, 2.45) is 0 Å². The first-order chi connectivity index (χ1) is 11.3. The van der Waals surface area contributed by atoms with Crippen molar-refractivity contribution in [3.63, 3.8) is 0 Å². The molecule has 1 unspecified atom stereocenters. The van der Waals surface area contributed by atoms with E-state index < -0.39 is 6.29 Å². The number of methoxy groups -OCH3 is 2. The molecule has 0 radical (unpaired) electrons. The van der Waals surface area contributed by atoms with Gasteiger partial charge in [0.15, 0.2) is 11.5 Å². The van der Waals surface area contributed by atoms with Crippen molar-refractivity contribution >= 4 is 11.8 Å². The lowest BCUT2D eigenvalue weighted by atomic mass is 10.0. The normalized spacial score (nSPS) is 16.1. The average Bonchev–Trinajstić information content (AvgIpc) is 2.61.